The van der Waals surface area contributed by atoms with Crippen LogP contribution in [0.3, 0.4) is 0 Å². The number of esters is 1. The van der Waals surface area contributed by atoms with Crippen LogP contribution in [0.25, 0.3) is 0 Å². The van der Waals surface area contributed by atoms with Gasteiger partial charge in [-0.1, -0.05) is 44.2 Å². The van der Waals surface area contributed by atoms with Crippen molar-refractivity contribution in [2.45, 2.75) is 52.6 Å². The average molecular weight is 348 g/mol. The predicted molar refractivity (Wildman–Crippen MR) is 95.8 cm³/mol. The van der Waals surface area contributed by atoms with Crippen molar-refractivity contribution < 1.29 is 19.1 Å². The summed E-state index contributed by atoms with van der Waals surface area (Å²) in [7, 11) is 0. The summed E-state index contributed by atoms with van der Waals surface area (Å²) in [6.45, 7) is 7.27. The van der Waals surface area contributed by atoms with Crippen LogP contribution in [0, 0.1) is 5.92 Å². The van der Waals surface area contributed by atoms with Gasteiger partial charge in [0, 0.05) is 13.3 Å². The molecule has 138 valence electrons. The van der Waals surface area contributed by atoms with E-state index in [1.165, 1.54) is 6.92 Å². The summed E-state index contributed by atoms with van der Waals surface area (Å²) in [5, 5.41) is 5.39. The zero-order chi connectivity index (χ0) is 18.8. The fourth-order valence-corrected chi connectivity index (χ4v) is 2.51. The van der Waals surface area contributed by atoms with Gasteiger partial charge in [0.25, 0.3) is 0 Å². The van der Waals surface area contributed by atoms with E-state index in [1.54, 1.807) is 6.92 Å². The first kappa shape index (κ1) is 20.7. The Bertz CT molecular complexity index is 572. The number of carbonyl (C=O) groups excluding carboxylic acids is 3. The number of hydrogen-bond donors (Lipinski definition) is 2. The molecule has 0 aliphatic rings. The monoisotopic (exact) mass is 348 g/mol. The van der Waals surface area contributed by atoms with Crippen LogP contribution in [0.4, 0.5) is 0 Å². The fourth-order valence-electron chi connectivity index (χ4n) is 2.51. The Balaban J connectivity index is 2.86. The molecule has 2 unspecified atom stereocenters. The van der Waals surface area contributed by atoms with E-state index < -0.39 is 24.0 Å². The molecule has 6 heteroatoms. The smallest absolute Gasteiger partial charge is 0.328 e. The Morgan fingerprint density at radius 2 is 1.68 bits per heavy atom. The van der Waals surface area contributed by atoms with Crippen molar-refractivity contribution in [2.75, 3.05) is 6.61 Å². The maximum atomic E-state index is 12.7. The SMILES string of the molecule is CCOC(=O)C(CC(C)C)NC(=O)C(Cc1ccccc1)NC(C)=O. The first-order valence-corrected chi connectivity index (χ1v) is 8.61. The Labute approximate surface area is 149 Å². The van der Waals surface area contributed by atoms with Crippen molar-refractivity contribution in [1.82, 2.24) is 10.6 Å². The van der Waals surface area contributed by atoms with Crippen LogP contribution in [-0.4, -0.2) is 36.5 Å². The third-order valence-corrected chi connectivity index (χ3v) is 3.57. The van der Waals surface area contributed by atoms with E-state index in [4.69, 9.17) is 4.74 Å². The lowest BCUT2D eigenvalue weighted by Gasteiger charge is -2.23. The molecule has 25 heavy (non-hydrogen) atoms. The lowest BCUT2D eigenvalue weighted by Crippen LogP contribution is -2.52. The van der Waals surface area contributed by atoms with Crippen molar-refractivity contribution >= 4 is 17.8 Å². The quantitative estimate of drug-likeness (QED) is 0.667. The average Bonchev–Trinajstić information content (AvgIpc) is 2.54. The van der Waals surface area contributed by atoms with Gasteiger partial charge in [-0.25, -0.2) is 4.79 Å². The van der Waals surface area contributed by atoms with E-state index in [2.05, 4.69) is 10.6 Å². The largest absolute Gasteiger partial charge is 0.464 e. The summed E-state index contributed by atoms with van der Waals surface area (Å²) in [4.78, 5) is 36.2. The Morgan fingerprint density at radius 1 is 1.04 bits per heavy atom. The van der Waals surface area contributed by atoms with Crippen LogP contribution >= 0.6 is 0 Å². The van der Waals surface area contributed by atoms with Crippen molar-refractivity contribution in [2.24, 2.45) is 5.92 Å². The molecule has 1 aromatic rings. The third kappa shape index (κ3) is 7.83. The molecular formula is C19H28N2O4. The molecule has 0 heterocycles. The highest BCUT2D eigenvalue weighted by Crippen LogP contribution is 2.09. The zero-order valence-corrected chi connectivity index (χ0v) is 15.4. The Kier molecular flexibility index (Phi) is 8.67. The highest BCUT2D eigenvalue weighted by atomic mass is 16.5. The van der Waals surface area contributed by atoms with Gasteiger partial charge in [-0.15, -0.1) is 0 Å². The summed E-state index contributed by atoms with van der Waals surface area (Å²) < 4.78 is 5.04. The summed E-state index contributed by atoms with van der Waals surface area (Å²) >= 11 is 0. The lowest BCUT2D eigenvalue weighted by atomic mass is 10.0. The minimum Gasteiger partial charge on any atom is -0.464 e. The number of carbonyl (C=O) groups is 3. The van der Waals surface area contributed by atoms with E-state index in [1.807, 2.05) is 44.2 Å². The molecule has 2 N–H and O–H groups in total. The van der Waals surface area contributed by atoms with Gasteiger partial charge in [0.2, 0.25) is 11.8 Å². The molecule has 0 aliphatic carbocycles. The molecule has 0 saturated carbocycles. The second-order valence-electron chi connectivity index (χ2n) is 6.39. The van der Waals surface area contributed by atoms with E-state index >= 15 is 0 Å². The lowest BCUT2D eigenvalue weighted by molar-refractivity contribution is -0.148. The molecule has 0 aromatic heterocycles. The number of ether oxygens (including phenoxy) is 1. The number of nitrogens with one attached hydrogen (secondary N) is 2. The van der Waals surface area contributed by atoms with Crippen LogP contribution in [0.2, 0.25) is 0 Å². The summed E-state index contributed by atoms with van der Waals surface area (Å²) in [6.07, 6.45) is 0.826. The maximum Gasteiger partial charge on any atom is 0.328 e. The molecule has 1 rings (SSSR count). The summed E-state index contributed by atoms with van der Waals surface area (Å²) in [5.74, 6) is -0.931. The molecule has 0 spiro atoms. The van der Waals surface area contributed by atoms with Gasteiger partial charge in [-0.2, -0.15) is 0 Å². The Morgan fingerprint density at radius 3 is 2.20 bits per heavy atom. The van der Waals surface area contributed by atoms with Crippen molar-refractivity contribution in [3.63, 3.8) is 0 Å². The van der Waals surface area contributed by atoms with Crippen LogP contribution in [0.1, 0.15) is 39.7 Å². The van der Waals surface area contributed by atoms with Crippen LogP contribution in [0.15, 0.2) is 30.3 Å². The maximum absolute atomic E-state index is 12.7. The van der Waals surface area contributed by atoms with E-state index in [0.29, 0.717) is 12.8 Å². The highest BCUT2D eigenvalue weighted by Gasteiger charge is 2.27. The number of hydrogen-bond acceptors (Lipinski definition) is 4. The predicted octanol–water partition coefficient (Wildman–Crippen LogP) is 1.83. The Hall–Kier alpha value is -2.37. The van der Waals surface area contributed by atoms with Gasteiger partial charge in [0.15, 0.2) is 0 Å². The molecule has 0 radical (unpaired) electrons. The third-order valence-electron chi connectivity index (χ3n) is 3.57. The number of amides is 2. The molecule has 0 fully saturated rings. The van der Waals surface area contributed by atoms with Crippen molar-refractivity contribution in [3.05, 3.63) is 35.9 Å². The minimum atomic E-state index is -0.746. The number of rotatable bonds is 9. The van der Waals surface area contributed by atoms with Gasteiger partial charge in [-0.05, 0) is 24.8 Å². The zero-order valence-electron chi connectivity index (χ0n) is 15.4. The van der Waals surface area contributed by atoms with Gasteiger partial charge in [-0.3, -0.25) is 9.59 Å². The van der Waals surface area contributed by atoms with Crippen LogP contribution in [-0.2, 0) is 25.5 Å². The van der Waals surface area contributed by atoms with E-state index in [-0.39, 0.29) is 18.4 Å². The molecule has 2 amide bonds. The van der Waals surface area contributed by atoms with Crippen LogP contribution in [0.5, 0.6) is 0 Å². The first-order valence-electron chi connectivity index (χ1n) is 8.61. The van der Waals surface area contributed by atoms with Crippen molar-refractivity contribution in [1.29, 1.82) is 0 Å². The van der Waals surface area contributed by atoms with Gasteiger partial charge < -0.3 is 15.4 Å². The van der Waals surface area contributed by atoms with E-state index in [0.717, 1.165) is 5.56 Å². The normalized spacial score (nSPS) is 13.0. The molecule has 0 saturated heterocycles. The highest BCUT2D eigenvalue weighted by molar-refractivity contribution is 5.90. The summed E-state index contributed by atoms with van der Waals surface area (Å²) in [5.41, 5.74) is 0.924. The summed E-state index contributed by atoms with van der Waals surface area (Å²) in [6, 6.07) is 7.94. The topological polar surface area (TPSA) is 84.5 Å². The van der Waals surface area contributed by atoms with Gasteiger partial charge >= 0.3 is 5.97 Å². The first-order chi connectivity index (χ1) is 11.8. The molecular weight excluding hydrogens is 320 g/mol. The fraction of sp³-hybridized carbons (Fsp3) is 0.526. The second-order valence-corrected chi connectivity index (χ2v) is 6.39. The van der Waals surface area contributed by atoms with Crippen molar-refractivity contribution in [3.8, 4) is 0 Å². The second kappa shape index (κ2) is 10.5. The van der Waals surface area contributed by atoms with Crippen LogP contribution < -0.4 is 10.6 Å². The molecule has 2 atom stereocenters. The van der Waals surface area contributed by atoms with Gasteiger partial charge in [0.1, 0.15) is 12.1 Å². The number of benzene rings is 1. The standard InChI is InChI=1S/C19H28N2O4/c1-5-25-19(24)17(11-13(2)3)21-18(23)16(20-14(4)22)12-15-9-7-6-8-10-15/h6-10,13,16-17H,5,11-12H2,1-4H3,(H,20,22)(H,21,23). The van der Waals surface area contributed by atoms with Gasteiger partial charge in [0.05, 0.1) is 6.61 Å². The molecule has 1 aromatic carbocycles. The molecule has 0 aliphatic heterocycles. The minimum absolute atomic E-state index is 0.211. The molecule has 0 bridgehead atoms. The molecule has 6 nitrogen and oxygen atoms in total. The van der Waals surface area contributed by atoms with E-state index in [9.17, 15) is 14.4 Å².